The quantitative estimate of drug-likeness (QED) is 0.382. The van der Waals surface area contributed by atoms with Crippen LogP contribution in [0, 0.1) is 0 Å². The molecule has 1 aromatic heterocycles. The molecule has 31 heavy (non-hydrogen) atoms. The number of anilines is 5. The van der Waals surface area contributed by atoms with E-state index < -0.39 is 0 Å². The molecule has 0 unspecified atom stereocenters. The van der Waals surface area contributed by atoms with Gasteiger partial charge < -0.3 is 15.5 Å². The number of hydrogen-bond acceptors (Lipinski definition) is 9. The second-order valence-corrected chi connectivity index (χ2v) is 7.21. The predicted molar refractivity (Wildman–Crippen MR) is 130 cm³/mol. The lowest BCUT2D eigenvalue weighted by atomic mass is 10.2. The third-order valence-electron chi connectivity index (χ3n) is 4.35. The maximum atomic E-state index is 5.80. The summed E-state index contributed by atoms with van der Waals surface area (Å²) in [5, 5.41) is 8.43. The van der Waals surface area contributed by atoms with E-state index in [0.29, 0.717) is 11.6 Å². The van der Waals surface area contributed by atoms with Crippen molar-refractivity contribution in [1.29, 1.82) is 0 Å². The highest BCUT2D eigenvalue weighted by Crippen LogP contribution is 2.14. The summed E-state index contributed by atoms with van der Waals surface area (Å²) in [5.41, 5.74) is 15.7. The van der Waals surface area contributed by atoms with Crippen LogP contribution in [0.5, 0.6) is 0 Å². The average Bonchev–Trinajstić information content (AvgIpc) is 2.74. The molecule has 0 bridgehead atoms. The molecule has 0 aliphatic carbocycles. The van der Waals surface area contributed by atoms with Crippen LogP contribution in [0.25, 0.3) is 0 Å². The molecule has 9 nitrogen and oxygen atoms in total. The molecular formula is C22H27N9. The fourth-order valence-corrected chi connectivity index (χ4v) is 2.64. The van der Waals surface area contributed by atoms with Crippen LogP contribution in [0.15, 0.2) is 64.8 Å². The molecule has 9 heteroatoms. The van der Waals surface area contributed by atoms with Gasteiger partial charge in [0, 0.05) is 45.6 Å². The van der Waals surface area contributed by atoms with E-state index in [1.54, 1.807) is 18.5 Å². The number of hydrogen-bond donors (Lipinski definition) is 3. The molecule has 0 aliphatic rings. The van der Waals surface area contributed by atoms with Crippen molar-refractivity contribution < 1.29 is 0 Å². The fourth-order valence-electron chi connectivity index (χ4n) is 2.64. The van der Waals surface area contributed by atoms with E-state index in [-0.39, 0.29) is 5.95 Å². The maximum Gasteiger partial charge on any atom is 0.224 e. The maximum absolute atomic E-state index is 5.80. The minimum Gasteiger partial charge on any atom is -0.378 e. The Labute approximate surface area is 182 Å². The topological polar surface area (TPSA) is 107 Å². The number of nitrogens with two attached hydrogens (primary N) is 1. The van der Waals surface area contributed by atoms with Gasteiger partial charge in [-0.3, -0.25) is 10.9 Å². The van der Waals surface area contributed by atoms with Gasteiger partial charge in [0.2, 0.25) is 5.95 Å². The van der Waals surface area contributed by atoms with Gasteiger partial charge in [-0.2, -0.15) is 20.2 Å². The van der Waals surface area contributed by atoms with Crippen molar-refractivity contribution in [2.45, 2.75) is 0 Å². The number of aromatic nitrogens is 2. The van der Waals surface area contributed by atoms with E-state index in [2.05, 4.69) is 31.0 Å². The molecule has 0 radical (unpaired) electrons. The highest BCUT2D eigenvalue weighted by atomic mass is 15.3. The lowest BCUT2D eigenvalue weighted by Crippen LogP contribution is -2.08. The van der Waals surface area contributed by atoms with Gasteiger partial charge in [0.05, 0.1) is 12.4 Å². The van der Waals surface area contributed by atoms with Gasteiger partial charge in [0.25, 0.3) is 0 Å². The molecule has 2 aromatic carbocycles. The molecule has 160 valence electrons. The molecule has 0 saturated heterocycles. The summed E-state index contributed by atoms with van der Waals surface area (Å²) in [5.74, 6) is 1.03. The summed E-state index contributed by atoms with van der Waals surface area (Å²) in [4.78, 5) is 12.3. The first-order valence-electron chi connectivity index (χ1n) is 9.68. The predicted octanol–water partition coefficient (Wildman–Crippen LogP) is 3.08. The number of nitrogens with one attached hydrogen (secondary N) is 2. The van der Waals surface area contributed by atoms with Crippen molar-refractivity contribution in [1.82, 2.24) is 9.97 Å². The van der Waals surface area contributed by atoms with Crippen molar-refractivity contribution >= 4 is 41.4 Å². The van der Waals surface area contributed by atoms with Crippen molar-refractivity contribution in [2.24, 2.45) is 10.2 Å². The minimum absolute atomic E-state index is 0.114. The van der Waals surface area contributed by atoms with Gasteiger partial charge >= 0.3 is 0 Å². The van der Waals surface area contributed by atoms with E-state index in [0.717, 1.165) is 22.5 Å². The Hall–Kier alpha value is -4.14. The van der Waals surface area contributed by atoms with Crippen LogP contribution in [0.2, 0.25) is 0 Å². The van der Waals surface area contributed by atoms with Crippen LogP contribution >= 0.6 is 0 Å². The Bertz CT molecular complexity index is 958. The summed E-state index contributed by atoms with van der Waals surface area (Å²) < 4.78 is 0. The van der Waals surface area contributed by atoms with Crippen LogP contribution in [-0.2, 0) is 0 Å². The first kappa shape index (κ1) is 21.6. The number of rotatable bonds is 8. The van der Waals surface area contributed by atoms with E-state index >= 15 is 0 Å². The van der Waals surface area contributed by atoms with Crippen LogP contribution in [0.1, 0.15) is 11.1 Å². The number of hydrazone groups is 2. The SMILES string of the molecule is CN(C)c1ccc(/C=N/Nc2cc(N/N=C/c3ccc(N(C)C)cc3)nc(N)n2)cc1. The third kappa shape index (κ3) is 6.43. The highest BCUT2D eigenvalue weighted by Gasteiger charge is 2.01. The molecule has 0 aliphatic heterocycles. The summed E-state index contributed by atoms with van der Waals surface area (Å²) in [7, 11) is 8.00. The van der Waals surface area contributed by atoms with Crippen molar-refractivity contribution in [2.75, 3.05) is 54.6 Å². The van der Waals surface area contributed by atoms with Crippen LogP contribution < -0.4 is 26.4 Å². The first-order valence-corrected chi connectivity index (χ1v) is 9.68. The summed E-state index contributed by atoms with van der Waals surface area (Å²) in [6, 6.07) is 17.7. The van der Waals surface area contributed by atoms with Crippen molar-refractivity contribution in [3.05, 3.63) is 65.7 Å². The van der Waals surface area contributed by atoms with E-state index in [4.69, 9.17) is 5.73 Å². The zero-order valence-electron chi connectivity index (χ0n) is 18.1. The molecule has 0 spiro atoms. The van der Waals surface area contributed by atoms with Crippen LogP contribution in [0.4, 0.5) is 29.0 Å². The Morgan fingerprint density at radius 3 is 1.45 bits per heavy atom. The summed E-state index contributed by atoms with van der Waals surface area (Å²) in [6.07, 6.45) is 3.42. The lowest BCUT2D eigenvalue weighted by Gasteiger charge is -2.11. The monoisotopic (exact) mass is 417 g/mol. The molecule has 4 N–H and O–H groups in total. The Balaban J connectivity index is 1.60. The molecule has 0 fully saturated rings. The average molecular weight is 418 g/mol. The van der Waals surface area contributed by atoms with Crippen LogP contribution in [0.3, 0.4) is 0 Å². The van der Waals surface area contributed by atoms with Gasteiger partial charge in [0.1, 0.15) is 0 Å². The molecule has 3 rings (SSSR count). The van der Waals surface area contributed by atoms with Gasteiger partial charge in [-0.25, -0.2) is 0 Å². The van der Waals surface area contributed by atoms with Crippen molar-refractivity contribution in [3.8, 4) is 0 Å². The standard InChI is InChI=1S/C22H27N9/c1-30(2)18-9-5-16(6-10-18)14-24-28-20-13-21(27-22(23)26-20)29-25-15-17-7-11-19(12-8-17)31(3)4/h5-15H,1-4H3,(H4,23,26,27,28,29)/b24-14+,25-15+. The number of nitrogen functional groups attached to an aromatic ring is 1. The molecule has 0 saturated carbocycles. The summed E-state index contributed by atoms with van der Waals surface area (Å²) >= 11 is 0. The second kappa shape index (κ2) is 10.1. The van der Waals surface area contributed by atoms with E-state index in [9.17, 15) is 0 Å². The normalized spacial score (nSPS) is 11.1. The van der Waals surface area contributed by atoms with Gasteiger partial charge in [-0.15, -0.1) is 0 Å². The molecule has 0 atom stereocenters. The van der Waals surface area contributed by atoms with Crippen molar-refractivity contribution in [3.63, 3.8) is 0 Å². The Morgan fingerprint density at radius 2 is 1.10 bits per heavy atom. The van der Waals surface area contributed by atoms with Gasteiger partial charge in [-0.1, -0.05) is 24.3 Å². The van der Waals surface area contributed by atoms with E-state index in [1.165, 1.54) is 0 Å². The molecule has 0 amide bonds. The smallest absolute Gasteiger partial charge is 0.224 e. The first-order chi connectivity index (χ1) is 14.9. The molecule has 1 heterocycles. The summed E-state index contributed by atoms with van der Waals surface area (Å²) in [6.45, 7) is 0. The zero-order valence-corrected chi connectivity index (χ0v) is 18.1. The molecular weight excluding hydrogens is 390 g/mol. The zero-order chi connectivity index (χ0) is 22.2. The Kier molecular flexibility index (Phi) is 7.00. The van der Waals surface area contributed by atoms with Crippen LogP contribution in [-0.4, -0.2) is 50.6 Å². The Morgan fingerprint density at radius 1 is 0.710 bits per heavy atom. The lowest BCUT2D eigenvalue weighted by molar-refractivity contribution is 1.13. The van der Waals surface area contributed by atoms with Gasteiger partial charge in [-0.05, 0) is 35.4 Å². The number of benzene rings is 2. The van der Waals surface area contributed by atoms with E-state index in [1.807, 2.05) is 86.5 Å². The number of nitrogens with zero attached hydrogens (tertiary/aromatic N) is 6. The largest absolute Gasteiger partial charge is 0.378 e. The fraction of sp³-hybridized carbons (Fsp3) is 0.182. The third-order valence-corrected chi connectivity index (χ3v) is 4.35. The highest BCUT2D eigenvalue weighted by molar-refractivity contribution is 5.81. The second-order valence-electron chi connectivity index (χ2n) is 7.21. The van der Waals surface area contributed by atoms with Gasteiger partial charge in [0.15, 0.2) is 11.6 Å². The molecule has 3 aromatic rings. The minimum atomic E-state index is 0.114.